The van der Waals surface area contributed by atoms with Crippen LogP contribution in [0.2, 0.25) is 0 Å². The molecule has 0 aromatic carbocycles. The van der Waals surface area contributed by atoms with E-state index in [1.165, 1.54) is 12.8 Å². The fourth-order valence-electron chi connectivity index (χ4n) is 0.672. The molecule has 0 saturated heterocycles. The second kappa shape index (κ2) is 23.0. The van der Waals surface area contributed by atoms with E-state index in [1.54, 1.807) is 6.20 Å². The molecule has 0 unspecified atom stereocenters. The average molecular weight is 215 g/mol. The normalized spacial score (nSPS) is 7.00. The summed E-state index contributed by atoms with van der Waals surface area (Å²) in [6, 6.07) is 0. The second-order valence-electron chi connectivity index (χ2n) is 2.02. The zero-order chi connectivity index (χ0) is 12.5. The van der Waals surface area contributed by atoms with Crippen LogP contribution in [0.15, 0.2) is 25.6 Å². The zero-order valence-corrected chi connectivity index (χ0v) is 10.5. The number of aryl methyl sites for hydroxylation is 1. The van der Waals surface area contributed by atoms with E-state index >= 15 is 0 Å². The van der Waals surface area contributed by atoms with Gasteiger partial charge in [-0.3, -0.25) is 4.68 Å². The third-order valence-corrected chi connectivity index (χ3v) is 1.21. The van der Waals surface area contributed by atoms with Crippen LogP contribution in [0.1, 0.15) is 33.6 Å². The first-order chi connectivity index (χ1) is 7.43. The Morgan fingerprint density at radius 3 is 2.13 bits per heavy atom. The highest BCUT2D eigenvalue weighted by atomic mass is 16.2. The summed E-state index contributed by atoms with van der Waals surface area (Å²) >= 11 is 0. The molecule has 0 aliphatic heterocycles. The van der Waals surface area contributed by atoms with Crippen molar-refractivity contribution < 1.29 is 5.11 Å². The van der Waals surface area contributed by atoms with Gasteiger partial charge in [-0.05, 0) is 6.42 Å². The summed E-state index contributed by atoms with van der Waals surface area (Å²) in [5.74, 6) is 0. The van der Waals surface area contributed by atoms with Crippen molar-refractivity contribution in [2.75, 3.05) is 7.11 Å². The smallest absolute Gasteiger partial charge is 0.0692 e. The summed E-state index contributed by atoms with van der Waals surface area (Å²) in [6.45, 7) is 13.2. The summed E-state index contributed by atoms with van der Waals surface area (Å²) in [6.07, 6.45) is 5.98. The van der Waals surface area contributed by atoms with Gasteiger partial charge in [0.15, 0.2) is 0 Å². The van der Waals surface area contributed by atoms with Gasteiger partial charge in [0, 0.05) is 19.9 Å². The van der Waals surface area contributed by atoms with E-state index in [2.05, 4.69) is 30.4 Å². The molecule has 90 valence electrons. The highest BCUT2D eigenvalue weighted by molar-refractivity contribution is 4.63. The monoisotopic (exact) mass is 215 g/mol. The molecule has 0 amide bonds. The molecule has 4 nitrogen and oxygen atoms in total. The van der Waals surface area contributed by atoms with Gasteiger partial charge in [-0.15, -0.1) is 18.3 Å². The van der Waals surface area contributed by atoms with Crippen molar-refractivity contribution in [2.45, 2.75) is 40.2 Å². The minimum Gasteiger partial charge on any atom is -0.400 e. The molecule has 15 heavy (non-hydrogen) atoms. The predicted octanol–water partition coefficient (Wildman–Crippen LogP) is 2.52. The Morgan fingerprint density at radius 2 is 1.80 bits per heavy atom. The first-order valence-corrected chi connectivity index (χ1v) is 5.22. The summed E-state index contributed by atoms with van der Waals surface area (Å²) < 4.78 is 1.85. The summed E-state index contributed by atoms with van der Waals surface area (Å²) in [5.41, 5.74) is 0. The van der Waals surface area contributed by atoms with E-state index in [-0.39, 0.29) is 0 Å². The van der Waals surface area contributed by atoms with E-state index in [0.717, 1.165) is 13.7 Å². The Balaban J connectivity index is -0.000000208. The molecule has 0 aliphatic rings. The maximum absolute atomic E-state index is 7.00. The highest BCUT2D eigenvalue weighted by Crippen LogP contribution is 1.89. The molecule has 0 atom stereocenters. The molecule has 1 aromatic rings. The third-order valence-electron chi connectivity index (χ3n) is 1.21. The standard InChI is InChI=1S/C6H11N3.C2H6.C2H4.CH4O/c1-2-3-5-9-6-4-7-8-9;3*1-2/h4,6H,2-3,5H2,1H3;1-2H3;1-2H2;2H,1H3. The van der Waals surface area contributed by atoms with Crippen molar-refractivity contribution in [1.82, 2.24) is 15.0 Å². The van der Waals surface area contributed by atoms with Crippen LogP contribution in [0.5, 0.6) is 0 Å². The van der Waals surface area contributed by atoms with Crippen LogP contribution in [-0.2, 0) is 6.54 Å². The largest absolute Gasteiger partial charge is 0.400 e. The van der Waals surface area contributed by atoms with E-state index in [1.807, 2.05) is 24.7 Å². The lowest BCUT2D eigenvalue weighted by atomic mass is 10.3. The van der Waals surface area contributed by atoms with Crippen molar-refractivity contribution in [3.8, 4) is 0 Å². The molecule has 0 saturated carbocycles. The number of hydrogen-bond donors (Lipinski definition) is 1. The summed E-state index contributed by atoms with van der Waals surface area (Å²) in [4.78, 5) is 0. The maximum Gasteiger partial charge on any atom is 0.0692 e. The van der Waals surface area contributed by atoms with Gasteiger partial charge >= 0.3 is 0 Å². The number of rotatable bonds is 3. The molecule has 0 bridgehead atoms. The lowest BCUT2D eigenvalue weighted by molar-refractivity contribution is 0.399. The van der Waals surface area contributed by atoms with Crippen LogP contribution in [0.3, 0.4) is 0 Å². The lowest BCUT2D eigenvalue weighted by Crippen LogP contribution is -1.97. The van der Waals surface area contributed by atoms with Crippen molar-refractivity contribution in [3.05, 3.63) is 25.6 Å². The van der Waals surface area contributed by atoms with Crippen molar-refractivity contribution in [1.29, 1.82) is 0 Å². The molecule has 1 rings (SSSR count). The maximum atomic E-state index is 7.00. The number of unbranched alkanes of at least 4 members (excludes halogenated alkanes) is 1. The van der Waals surface area contributed by atoms with Gasteiger partial charge in [-0.25, -0.2) is 0 Å². The van der Waals surface area contributed by atoms with Crippen LogP contribution >= 0.6 is 0 Å². The molecule has 1 heterocycles. The number of aromatic nitrogens is 3. The first-order valence-electron chi connectivity index (χ1n) is 5.22. The molecule has 0 spiro atoms. The Kier molecular flexibility index (Phi) is 29.8. The van der Waals surface area contributed by atoms with Crippen molar-refractivity contribution in [3.63, 3.8) is 0 Å². The predicted molar refractivity (Wildman–Crippen MR) is 65.7 cm³/mol. The number of hydrogen-bond acceptors (Lipinski definition) is 3. The van der Waals surface area contributed by atoms with Crippen molar-refractivity contribution in [2.24, 2.45) is 0 Å². The first kappa shape index (κ1) is 19.4. The van der Waals surface area contributed by atoms with Crippen LogP contribution in [0.25, 0.3) is 0 Å². The van der Waals surface area contributed by atoms with Crippen LogP contribution in [0, 0.1) is 0 Å². The molecule has 1 aromatic heterocycles. The molecule has 0 radical (unpaired) electrons. The molecule has 0 aliphatic carbocycles. The molecular weight excluding hydrogens is 190 g/mol. The number of aliphatic hydroxyl groups is 1. The second-order valence-corrected chi connectivity index (χ2v) is 2.02. The Labute approximate surface area is 93.6 Å². The lowest BCUT2D eigenvalue weighted by Gasteiger charge is -1.94. The van der Waals surface area contributed by atoms with E-state index in [4.69, 9.17) is 5.11 Å². The minimum atomic E-state index is 0.997. The third kappa shape index (κ3) is 15.6. The Bertz CT molecular complexity index is 164. The highest BCUT2D eigenvalue weighted by Gasteiger charge is 1.86. The molecule has 0 fully saturated rings. The Hall–Kier alpha value is -1.16. The topological polar surface area (TPSA) is 50.9 Å². The van der Waals surface area contributed by atoms with Gasteiger partial charge in [0.2, 0.25) is 0 Å². The van der Waals surface area contributed by atoms with Gasteiger partial charge in [-0.1, -0.05) is 32.4 Å². The fourth-order valence-corrected chi connectivity index (χ4v) is 0.672. The van der Waals surface area contributed by atoms with Gasteiger partial charge in [-0.2, -0.15) is 0 Å². The number of nitrogens with zero attached hydrogens (tertiary/aromatic N) is 3. The SMILES string of the molecule is C=C.CC.CCCCn1ccnn1.CO. The van der Waals surface area contributed by atoms with Gasteiger partial charge < -0.3 is 5.11 Å². The molecular formula is C11H25N3O. The van der Waals surface area contributed by atoms with E-state index in [0.29, 0.717) is 0 Å². The average Bonchev–Trinajstić information content (AvgIpc) is 2.87. The van der Waals surface area contributed by atoms with Gasteiger partial charge in [0.1, 0.15) is 0 Å². The molecule has 4 heteroatoms. The fraction of sp³-hybridized carbons (Fsp3) is 0.636. The van der Waals surface area contributed by atoms with Crippen LogP contribution < -0.4 is 0 Å². The quantitative estimate of drug-likeness (QED) is 0.788. The van der Waals surface area contributed by atoms with Crippen LogP contribution in [0.4, 0.5) is 0 Å². The minimum absolute atomic E-state index is 0.997. The number of aliphatic hydroxyl groups excluding tert-OH is 1. The van der Waals surface area contributed by atoms with Crippen LogP contribution in [-0.4, -0.2) is 27.2 Å². The zero-order valence-electron chi connectivity index (χ0n) is 10.5. The Morgan fingerprint density at radius 1 is 1.27 bits per heavy atom. The van der Waals surface area contributed by atoms with Crippen molar-refractivity contribution >= 4 is 0 Å². The summed E-state index contributed by atoms with van der Waals surface area (Å²) in [5, 5.41) is 14.5. The van der Waals surface area contributed by atoms with E-state index in [9.17, 15) is 0 Å². The molecule has 1 N–H and O–H groups in total. The summed E-state index contributed by atoms with van der Waals surface area (Å²) in [7, 11) is 1.00. The van der Waals surface area contributed by atoms with Gasteiger partial charge in [0.25, 0.3) is 0 Å². The van der Waals surface area contributed by atoms with E-state index < -0.39 is 0 Å². The van der Waals surface area contributed by atoms with Gasteiger partial charge in [0.05, 0.1) is 6.20 Å².